The second kappa shape index (κ2) is 5.03. The van der Waals surface area contributed by atoms with Gasteiger partial charge in [-0.15, -0.1) is 11.3 Å². The normalized spacial score (nSPS) is 12.6. The van der Waals surface area contributed by atoms with E-state index in [1.54, 1.807) is 11.3 Å². The first-order valence-corrected chi connectivity index (χ1v) is 6.82. The summed E-state index contributed by atoms with van der Waals surface area (Å²) in [5, 5.41) is 7.02. The van der Waals surface area contributed by atoms with Crippen molar-refractivity contribution in [1.82, 2.24) is 5.32 Å². The minimum absolute atomic E-state index is 0.182. The van der Waals surface area contributed by atoms with Crippen molar-refractivity contribution in [3.63, 3.8) is 0 Å². The summed E-state index contributed by atoms with van der Waals surface area (Å²) in [6.45, 7) is 7.45. The second-order valence-corrected chi connectivity index (χ2v) is 6.13. The first-order chi connectivity index (χ1) is 8.06. The van der Waals surface area contributed by atoms with Crippen LogP contribution in [0.1, 0.15) is 26.3 Å². The van der Waals surface area contributed by atoms with Crippen molar-refractivity contribution in [3.05, 3.63) is 41.3 Å². The average molecular weight is 245 g/mol. The molecule has 1 nitrogen and oxygen atoms in total. The van der Waals surface area contributed by atoms with Crippen molar-refractivity contribution in [2.24, 2.45) is 0 Å². The number of hydrogen-bond donors (Lipinski definition) is 1. The summed E-state index contributed by atoms with van der Waals surface area (Å²) in [7, 11) is 0. The predicted octanol–water partition coefficient (Wildman–Crippen LogP) is 4.30. The van der Waals surface area contributed by atoms with E-state index in [2.05, 4.69) is 67.9 Å². The summed E-state index contributed by atoms with van der Waals surface area (Å²) in [5.74, 6) is 0. The standard InChI is InChI=1S/C15H19NS/c1-15(2,3)16-10-6-7-12-11-17-14-9-5-4-8-13(12)14/h4-9,11,16H,10H2,1-3H3. The Hall–Kier alpha value is -1.12. The fraction of sp³-hybridized carbons (Fsp3) is 0.333. The van der Waals surface area contributed by atoms with Gasteiger partial charge < -0.3 is 5.32 Å². The van der Waals surface area contributed by atoms with Crippen LogP contribution in [0, 0.1) is 0 Å². The third kappa shape index (κ3) is 3.42. The highest BCUT2D eigenvalue weighted by atomic mass is 32.1. The summed E-state index contributed by atoms with van der Waals surface area (Å²) in [6.07, 6.45) is 4.40. The molecule has 1 N–H and O–H groups in total. The first kappa shape index (κ1) is 12.3. The molecule has 2 heteroatoms. The number of benzene rings is 1. The van der Waals surface area contributed by atoms with E-state index in [9.17, 15) is 0 Å². The molecule has 90 valence electrons. The van der Waals surface area contributed by atoms with Crippen LogP contribution in [0.3, 0.4) is 0 Å². The van der Waals surface area contributed by atoms with Gasteiger partial charge >= 0.3 is 0 Å². The lowest BCUT2D eigenvalue weighted by molar-refractivity contribution is 0.450. The molecule has 0 aliphatic rings. The number of nitrogens with one attached hydrogen (secondary N) is 1. The molecule has 1 aromatic carbocycles. The maximum absolute atomic E-state index is 3.45. The Bertz CT molecular complexity index is 517. The third-order valence-electron chi connectivity index (χ3n) is 2.56. The van der Waals surface area contributed by atoms with E-state index in [1.165, 1.54) is 15.6 Å². The van der Waals surface area contributed by atoms with Gasteiger partial charge in [0.15, 0.2) is 0 Å². The summed E-state index contributed by atoms with van der Waals surface area (Å²) >= 11 is 1.81. The number of hydrogen-bond acceptors (Lipinski definition) is 2. The Morgan fingerprint density at radius 3 is 2.76 bits per heavy atom. The van der Waals surface area contributed by atoms with Crippen molar-refractivity contribution >= 4 is 27.5 Å². The molecule has 0 unspecified atom stereocenters. The van der Waals surface area contributed by atoms with Gasteiger partial charge in [0.05, 0.1) is 0 Å². The Balaban J connectivity index is 2.06. The highest BCUT2D eigenvalue weighted by Gasteiger charge is 2.06. The fourth-order valence-electron chi connectivity index (χ4n) is 1.68. The van der Waals surface area contributed by atoms with Gasteiger partial charge in [-0.3, -0.25) is 0 Å². The molecule has 17 heavy (non-hydrogen) atoms. The van der Waals surface area contributed by atoms with Gasteiger partial charge in [-0.2, -0.15) is 0 Å². The van der Waals surface area contributed by atoms with E-state index < -0.39 is 0 Å². The van der Waals surface area contributed by atoms with E-state index in [0.717, 1.165) is 6.54 Å². The van der Waals surface area contributed by atoms with Crippen LogP contribution >= 0.6 is 11.3 Å². The molecule has 0 amide bonds. The molecule has 0 fully saturated rings. The summed E-state index contributed by atoms with van der Waals surface area (Å²) in [4.78, 5) is 0. The average Bonchev–Trinajstić information content (AvgIpc) is 2.67. The van der Waals surface area contributed by atoms with Gasteiger partial charge in [-0.25, -0.2) is 0 Å². The molecular weight excluding hydrogens is 226 g/mol. The minimum atomic E-state index is 0.182. The quantitative estimate of drug-likeness (QED) is 0.850. The first-order valence-electron chi connectivity index (χ1n) is 5.94. The molecule has 0 bridgehead atoms. The van der Waals surface area contributed by atoms with Gasteiger partial charge in [0.2, 0.25) is 0 Å². The summed E-state index contributed by atoms with van der Waals surface area (Å²) in [6, 6.07) is 8.54. The third-order valence-corrected chi connectivity index (χ3v) is 3.54. The highest BCUT2D eigenvalue weighted by Crippen LogP contribution is 2.26. The van der Waals surface area contributed by atoms with Crippen LogP contribution in [0.5, 0.6) is 0 Å². The summed E-state index contributed by atoms with van der Waals surface area (Å²) in [5.41, 5.74) is 1.50. The Kier molecular flexibility index (Phi) is 3.65. The lowest BCUT2D eigenvalue weighted by Crippen LogP contribution is -2.35. The van der Waals surface area contributed by atoms with Crippen LogP contribution in [0.4, 0.5) is 0 Å². The zero-order valence-corrected chi connectivity index (χ0v) is 11.5. The van der Waals surface area contributed by atoms with Gasteiger partial charge in [0.1, 0.15) is 0 Å². The van der Waals surface area contributed by atoms with Gasteiger partial charge in [-0.05, 0) is 43.2 Å². The summed E-state index contributed by atoms with van der Waals surface area (Å²) < 4.78 is 1.36. The molecule has 0 saturated carbocycles. The molecule has 0 aliphatic heterocycles. The van der Waals surface area contributed by atoms with E-state index in [0.29, 0.717) is 0 Å². The van der Waals surface area contributed by atoms with E-state index in [-0.39, 0.29) is 5.54 Å². The Morgan fingerprint density at radius 1 is 1.24 bits per heavy atom. The molecule has 0 atom stereocenters. The van der Waals surface area contributed by atoms with Gasteiger partial charge in [-0.1, -0.05) is 30.4 Å². The lowest BCUT2D eigenvalue weighted by Gasteiger charge is -2.18. The molecule has 1 heterocycles. The molecule has 0 spiro atoms. The molecule has 1 aromatic heterocycles. The van der Waals surface area contributed by atoms with Crippen molar-refractivity contribution < 1.29 is 0 Å². The van der Waals surface area contributed by atoms with Crippen LogP contribution in [0.15, 0.2) is 35.7 Å². The van der Waals surface area contributed by atoms with Crippen LogP contribution in [0.25, 0.3) is 16.2 Å². The number of thiophene rings is 1. The van der Waals surface area contributed by atoms with E-state index >= 15 is 0 Å². The number of rotatable bonds is 3. The zero-order chi connectivity index (χ0) is 12.3. The topological polar surface area (TPSA) is 12.0 Å². The minimum Gasteiger partial charge on any atom is -0.309 e. The molecule has 2 rings (SSSR count). The SMILES string of the molecule is CC(C)(C)NCC=Cc1csc2ccccc12. The smallest absolute Gasteiger partial charge is 0.0348 e. The lowest BCUT2D eigenvalue weighted by atomic mass is 10.1. The van der Waals surface area contributed by atoms with E-state index in [4.69, 9.17) is 0 Å². The molecule has 2 aromatic rings. The molecule has 0 aliphatic carbocycles. The van der Waals surface area contributed by atoms with E-state index in [1.807, 2.05) is 0 Å². The van der Waals surface area contributed by atoms with Crippen LogP contribution in [-0.2, 0) is 0 Å². The van der Waals surface area contributed by atoms with Crippen LogP contribution in [-0.4, -0.2) is 12.1 Å². The van der Waals surface area contributed by atoms with Crippen molar-refractivity contribution in [1.29, 1.82) is 0 Å². The Morgan fingerprint density at radius 2 is 2.00 bits per heavy atom. The van der Waals surface area contributed by atoms with Crippen molar-refractivity contribution in [3.8, 4) is 0 Å². The van der Waals surface area contributed by atoms with Crippen LogP contribution < -0.4 is 5.32 Å². The largest absolute Gasteiger partial charge is 0.309 e. The number of fused-ring (bicyclic) bond motifs is 1. The maximum Gasteiger partial charge on any atom is 0.0348 e. The molecular formula is C15H19NS. The monoisotopic (exact) mass is 245 g/mol. The highest BCUT2D eigenvalue weighted by molar-refractivity contribution is 7.17. The maximum atomic E-state index is 3.45. The fourth-order valence-corrected chi connectivity index (χ4v) is 2.61. The van der Waals surface area contributed by atoms with Crippen molar-refractivity contribution in [2.45, 2.75) is 26.3 Å². The molecule has 0 saturated heterocycles. The van der Waals surface area contributed by atoms with Crippen LogP contribution in [0.2, 0.25) is 0 Å². The van der Waals surface area contributed by atoms with Gasteiger partial charge in [0, 0.05) is 16.8 Å². The second-order valence-electron chi connectivity index (χ2n) is 5.22. The predicted molar refractivity (Wildman–Crippen MR) is 78.6 cm³/mol. The Labute approximate surface area is 107 Å². The zero-order valence-electron chi connectivity index (χ0n) is 10.7. The van der Waals surface area contributed by atoms with Crippen molar-refractivity contribution in [2.75, 3.05) is 6.54 Å². The van der Waals surface area contributed by atoms with Gasteiger partial charge in [0.25, 0.3) is 0 Å². The molecule has 0 radical (unpaired) electrons.